The Labute approximate surface area is 142 Å². The molecule has 1 amide bonds. The molecule has 0 bridgehead atoms. The number of hydrogen-bond acceptors (Lipinski definition) is 5. The van der Waals surface area contributed by atoms with Crippen molar-refractivity contribution in [2.75, 3.05) is 52.4 Å². The minimum absolute atomic E-state index is 0.00427. The Kier molecular flexibility index (Phi) is 10.2. The molecule has 23 heavy (non-hydrogen) atoms. The number of benzene rings is 1. The van der Waals surface area contributed by atoms with Gasteiger partial charge in [-0.05, 0) is 24.6 Å². The summed E-state index contributed by atoms with van der Waals surface area (Å²) in [5.74, 6) is 0.693. The van der Waals surface area contributed by atoms with Crippen LogP contribution in [0.1, 0.15) is 12.8 Å². The lowest BCUT2D eigenvalue weighted by molar-refractivity contribution is -0.120. The predicted molar refractivity (Wildman–Crippen MR) is 91.4 cm³/mol. The summed E-state index contributed by atoms with van der Waals surface area (Å²) < 4.78 is 15.4. The largest absolute Gasteiger partial charge is 0.495 e. The average molecular weight is 345 g/mol. The van der Waals surface area contributed by atoms with Crippen LogP contribution >= 0.6 is 11.6 Å². The third kappa shape index (κ3) is 8.64. The van der Waals surface area contributed by atoms with Crippen molar-refractivity contribution in [1.29, 1.82) is 0 Å². The van der Waals surface area contributed by atoms with E-state index in [0.717, 1.165) is 12.1 Å². The predicted octanol–water partition coefficient (Wildman–Crippen LogP) is 2.32. The molecule has 0 aliphatic heterocycles. The molecule has 0 spiro atoms. The molecule has 0 heterocycles. The summed E-state index contributed by atoms with van der Waals surface area (Å²) in [5.41, 5.74) is 0.777. The minimum Gasteiger partial charge on any atom is -0.495 e. The van der Waals surface area contributed by atoms with Gasteiger partial charge in [0.05, 0.1) is 26.0 Å². The van der Waals surface area contributed by atoms with Crippen LogP contribution in [0.4, 0.5) is 5.69 Å². The second kappa shape index (κ2) is 12.0. The van der Waals surface area contributed by atoms with Crippen LogP contribution in [0, 0.1) is 0 Å². The van der Waals surface area contributed by atoms with Crippen molar-refractivity contribution in [3.63, 3.8) is 0 Å². The van der Waals surface area contributed by atoms with Gasteiger partial charge in [0.25, 0.3) is 0 Å². The molecule has 0 aliphatic rings. The van der Waals surface area contributed by atoms with E-state index in [1.807, 2.05) is 0 Å². The fourth-order valence-corrected chi connectivity index (χ4v) is 2.04. The highest BCUT2D eigenvalue weighted by Crippen LogP contribution is 2.27. The number of amides is 1. The average Bonchev–Trinajstić information content (AvgIpc) is 2.54. The van der Waals surface area contributed by atoms with Gasteiger partial charge in [0.2, 0.25) is 5.91 Å². The van der Waals surface area contributed by atoms with Crippen molar-refractivity contribution in [2.24, 2.45) is 0 Å². The number of halogens is 1. The Morgan fingerprint density at radius 1 is 1.17 bits per heavy atom. The number of anilines is 1. The molecule has 0 saturated heterocycles. The van der Waals surface area contributed by atoms with E-state index in [-0.39, 0.29) is 5.91 Å². The van der Waals surface area contributed by atoms with E-state index < -0.39 is 0 Å². The number of hydrogen-bond donors (Lipinski definition) is 2. The van der Waals surface area contributed by atoms with Crippen LogP contribution in [-0.2, 0) is 14.3 Å². The molecule has 0 radical (unpaired) electrons. The Bertz CT molecular complexity index is 471. The van der Waals surface area contributed by atoms with Crippen molar-refractivity contribution in [3.8, 4) is 5.75 Å². The Balaban J connectivity index is 2.13. The maximum Gasteiger partial charge on any atom is 0.221 e. The lowest BCUT2D eigenvalue weighted by atomic mass is 10.2. The van der Waals surface area contributed by atoms with Crippen molar-refractivity contribution in [1.82, 2.24) is 5.32 Å². The third-order valence-electron chi connectivity index (χ3n) is 3.05. The number of carbonyl (C=O) groups excluding carboxylic acids is 1. The van der Waals surface area contributed by atoms with E-state index in [1.165, 1.54) is 0 Å². The highest BCUT2D eigenvalue weighted by Gasteiger charge is 2.05. The van der Waals surface area contributed by atoms with Gasteiger partial charge in [-0.2, -0.15) is 0 Å². The fraction of sp³-hybridized carbons (Fsp3) is 0.562. The van der Waals surface area contributed by atoms with Gasteiger partial charge in [-0.15, -0.1) is 0 Å². The Morgan fingerprint density at radius 2 is 2.00 bits per heavy atom. The summed E-state index contributed by atoms with van der Waals surface area (Å²) in [7, 11) is 3.23. The molecule has 0 fully saturated rings. The highest BCUT2D eigenvalue weighted by molar-refractivity contribution is 6.30. The Morgan fingerprint density at radius 3 is 2.74 bits per heavy atom. The van der Waals surface area contributed by atoms with Crippen LogP contribution in [0.25, 0.3) is 0 Å². The molecule has 0 unspecified atom stereocenters. The van der Waals surface area contributed by atoms with E-state index in [1.54, 1.807) is 32.4 Å². The van der Waals surface area contributed by atoms with Gasteiger partial charge in [0.15, 0.2) is 0 Å². The second-order valence-corrected chi connectivity index (χ2v) is 5.27. The van der Waals surface area contributed by atoms with Gasteiger partial charge < -0.3 is 24.8 Å². The van der Waals surface area contributed by atoms with Crippen LogP contribution in [0.15, 0.2) is 18.2 Å². The molecule has 1 rings (SSSR count). The second-order valence-electron chi connectivity index (χ2n) is 4.83. The molecule has 0 saturated carbocycles. The lowest BCUT2D eigenvalue weighted by Gasteiger charge is -2.11. The molecular formula is C16H25ClN2O4. The fourth-order valence-electron chi connectivity index (χ4n) is 1.86. The first-order chi connectivity index (χ1) is 11.2. The van der Waals surface area contributed by atoms with Crippen LogP contribution in [0.2, 0.25) is 5.02 Å². The number of carbonyl (C=O) groups is 1. The maximum absolute atomic E-state index is 11.7. The molecule has 6 nitrogen and oxygen atoms in total. The summed E-state index contributed by atoms with van der Waals surface area (Å²) in [5, 5.41) is 6.62. The smallest absolute Gasteiger partial charge is 0.221 e. The SMILES string of the molecule is COCCOCCCNC(=O)CCNc1cc(Cl)ccc1OC. The standard InChI is InChI=1S/C16H25ClN2O4/c1-21-10-11-23-9-3-7-19-16(20)6-8-18-14-12-13(17)4-5-15(14)22-2/h4-5,12,18H,3,6-11H2,1-2H3,(H,19,20). The molecular weight excluding hydrogens is 320 g/mol. The van der Waals surface area contributed by atoms with Crippen LogP contribution in [0.5, 0.6) is 5.75 Å². The first-order valence-corrected chi connectivity index (χ1v) is 7.96. The maximum atomic E-state index is 11.7. The van der Waals surface area contributed by atoms with E-state index in [0.29, 0.717) is 50.1 Å². The molecule has 0 aromatic heterocycles. The van der Waals surface area contributed by atoms with Gasteiger partial charge >= 0.3 is 0 Å². The number of ether oxygens (including phenoxy) is 3. The first kappa shape index (κ1) is 19.5. The van der Waals surface area contributed by atoms with Gasteiger partial charge in [0, 0.05) is 38.2 Å². The number of rotatable bonds is 12. The van der Waals surface area contributed by atoms with Gasteiger partial charge in [-0.3, -0.25) is 4.79 Å². The molecule has 130 valence electrons. The van der Waals surface area contributed by atoms with Crippen LogP contribution < -0.4 is 15.4 Å². The zero-order valence-corrected chi connectivity index (χ0v) is 14.4. The zero-order chi connectivity index (χ0) is 16.9. The quantitative estimate of drug-likeness (QED) is 0.569. The summed E-state index contributed by atoms with van der Waals surface area (Å²) in [6.45, 7) is 2.89. The van der Waals surface area contributed by atoms with Crippen LogP contribution in [-0.4, -0.2) is 53.0 Å². The normalized spacial score (nSPS) is 10.4. The van der Waals surface area contributed by atoms with E-state index in [4.69, 9.17) is 25.8 Å². The monoisotopic (exact) mass is 344 g/mol. The van der Waals surface area contributed by atoms with Gasteiger partial charge in [0.1, 0.15) is 5.75 Å². The van der Waals surface area contributed by atoms with Crippen molar-refractivity contribution in [2.45, 2.75) is 12.8 Å². The van der Waals surface area contributed by atoms with E-state index >= 15 is 0 Å². The van der Waals surface area contributed by atoms with Gasteiger partial charge in [-0.1, -0.05) is 11.6 Å². The van der Waals surface area contributed by atoms with E-state index in [9.17, 15) is 4.79 Å². The first-order valence-electron chi connectivity index (χ1n) is 7.58. The summed E-state index contributed by atoms with van der Waals surface area (Å²) in [6, 6.07) is 5.32. The summed E-state index contributed by atoms with van der Waals surface area (Å²) in [6.07, 6.45) is 1.16. The third-order valence-corrected chi connectivity index (χ3v) is 3.28. The molecule has 2 N–H and O–H groups in total. The van der Waals surface area contributed by atoms with Crippen molar-refractivity contribution in [3.05, 3.63) is 23.2 Å². The molecule has 1 aromatic rings. The zero-order valence-electron chi connectivity index (χ0n) is 13.7. The molecule has 1 aromatic carbocycles. The topological polar surface area (TPSA) is 68.8 Å². The summed E-state index contributed by atoms with van der Waals surface area (Å²) >= 11 is 5.95. The summed E-state index contributed by atoms with van der Waals surface area (Å²) in [4.78, 5) is 11.7. The number of nitrogens with one attached hydrogen (secondary N) is 2. The van der Waals surface area contributed by atoms with Crippen LogP contribution in [0.3, 0.4) is 0 Å². The van der Waals surface area contributed by atoms with Crippen molar-refractivity contribution >= 4 is 23.2 Å². The number of methoxy groups -OCH3 is 2. The van der Waals surface area contributed by atoms with Crippen molar-refractivity contribution < 1.29 is 19.0 Å². The molecule has 0 aliphatic carbocycles. The molecule has 7 heteroatoms. The molecule has 0 atom stereocenters. The van der Waals surface area contributed by atoms with Gasteiger partial charge in [-0.25, -0.2) is 0 Å². The lowest BCUT2D eigenvalue weighted by Crippen LogP contribution is -2.27. The Hall–Kier alpha value is -1.50. The minimum atomic E-state index is -0.00427. The highest BCUT2D eigenvalue weighted by atomic mass is 35.5. The van der Waals surface area contributed by atoms with E-state index in [2.05, 4.69) is 10.6 Å².